The van der Waals surface area contributed by atoms with Gasteiger partial charge in [0.1, 0.15) is 0 Å². The maximum absolute atomic E-state index is 11.6. The third kappa shape index (κ3) is 4.56. The first-order chi connectivity index (χ1) is 8.02. The molecule has 0 radical (unpaired) electrons. The van der Waals surface area contributed by atoms with E-state index < -0.39 is 0 Å². The topological polar surface area (TPSA) is 72.9 Å². The zero-order valence-electron chi connectivity index (χ0n) is 10.9. The van der Waals surface area contributed by atoms with Crippen molar-refractivity contribution in [1.29, 1.82) is 0 Å². The molecule has 0 saturated heterocycles. The van der Waals surface area contributed by atoms with E-state index in [4.69, 9.17) is 5.73 Å². The van der Waals surface area contributed by atoms with Gasteiger partial charge in [-0.3, -0.25) is 9.48 Å². The van der Waals surface area contributed by atoms with Gasteiger partial charge in [0.2, 0.25) is 5.91 Å². The highest BCUT2D eigenvalue weighted by atomic mass is 16.1. The first-order valence-electron chi connectivity index (χ1n) is 6.04. The minimum atomic E-state index is -0.0324. The second-order valence-electron chi connectivity index (χ2n) is 4.44. The molecule has 0 fully saturated rings. The molecule has 0 aliphatic heterocycles. The fourth-order valence-electron chi connectivity index (χ4n) is 1.80. The number of nitrogens with zero attached hydrogens (tertiary/aromatic N) is 2. The third-order valence-electron chi connectivity index (χ3n) is 2.70. The first-order valence-corrected chi connectivity index (χ1v) is 6.04. The summed E-state index contributed by atoms with van der Waals surface area (Å²) in [7, 11) is 1.87. The van der Waals surface area contributed by atoms with Crippen LogP contribution in [0.2, 0.25) is 0 Å². The van der Waals surface area contributed by atoms with Gasteiger partial charge in [0.25, 0.3) is 0 Å². The second-order valence-corrected chi connectivity index (χ2v) is 4.44. The van der Waals surface area contributed by atoms with Crippen LogP contribution in [0.25, 0.3) is 0 Å². The molecule has 1 rings (SSSR count). The van der Waals surface area contributed by atoms with E-state index >= 15 is 0 Å². The van der Waals surface area contributed by atoms with Crippen molar-refractivity contribution in [2.24, 2.45) is 12.8 Å². The van der Waals surface area contributed by atoms with Gasteiger partial charge in [0.15, 0.2) is 0 Å². The SMILES string of the molecule is CCCC(N)CC(=O)NCc1cn(C)nc1C. The molecule has 1 heterocycles. The fourth-order valence-corrected chi connectivity index (χ4v) is 1.80. The molecule has 0 aliphatic carbocycles. The Morgan fingerprint density at radius 2 is 2.35 bits per heavy atom. The van der Waals surface area contributed by atoms with Gasteiger partial charge in [-0.1, -0.05) is 13.3 Å². The summed E-state index contributed by atoms with van der Waals surface area (Å²) in [5.74, 6) is 0.00852. The molecule has 0 aromatic carbocycles. The van der Waals surface area contributed by atoms with Crippen LogP contribution in [0.15, 0.2) is 6.20 Å². The summed E-state index contributed by atoms with van der Waals surface area (Å²) in [6.45, 7) is 4.53. The summed E-state index contributed by atoms with van der Waals surface area (Å²) in [4.78, 5) is 11.6. The number of nitrogens with two attached hydrogens (primary N) is 1. The van der Waals surface area contributed by atoms with Gasteiger partial charge in [-0.15, -0.1) is 0 Å². The summed E-state index contributed by atoms with van der Waals surface area (Å²) in [5, 5.41) is 7.09. The fraction of sp³-hybridized carbons (Fsp3) is 0.667. The second kappa shape index (κ2) is 6.39. The average Bonchev–Trinajstić information content (AvgIpc) is 2.54. The number of aryl methyl sites for hydroxylation is 2. The van der Waals surface area contributed by atoms with E-state index in [1.165, 1.54) is 0 Å². The van der Waals surface area contributed by atoms with E-state index in [2.05, 4.69) is 17.3 Å². The molecule has 1 aromatic heterocycles. The molecule has 3 N–H and O–H groups in total. The molecular formula is C12H22N4O. The van der Waals surface area contributed by atoms with Crippen molar-refractivity contribution in [2.45, 2.75) is 45.7 Å². The van der Waals surface area contributed by atoms with Crippen LogP contribution < -0.4 is 11.1 Å². The van der Waals surface area contributed by atoms with Gasteiger partial charge >= 0.3 is 0 Å². The lowest BCUT2D eigenvalue weighted by atomic mass is 10.1. The average molecular weight is 238 g/mol. The number of hydrogen-bond acceptors (Lipinski definition) is 3. The molecule has 0 bridgehead atoms. The number of carbonyl (C=O) groups is 1. The van der Waals surface area contributed by atoms with Crippen molar-refractivity contribution in [3.05, 3.63) is 17.5 Å². The molecule has 96 valence electrons. The Morgan fingerprint density at radius 1 is 1.65 bits per heavy atom. The van der Waals surface area contributed by atoms with E-state index in [0.717, 1.165) is 24.1 Å². The minimum absolute atomic E-state index is 0.00852. The Labute approximate surface area is 102 Å². The summed E-state index contributed by atoms with van der Waals surface area (Å²) in [6.07, 6.45) is 4.21. The predicted octanol–water partition coefficient (Wildman–Crippen LogP) is 0.862. The van der Waals surface area contributed by atoms with Crippen molar-refractivity contribution >= 4 is 5.91 Å². The van der Waals surface area contributed by atoms with Crippen LogP contribution in [0.4, 0.5) is 0 Å². The number of hydrogen-bond donors (Lipinski definition) is 2. The molecule has 1 aromatic rings. The minimum Gasteiger partial charge on any atom is -0.352 e. The van der Waals surface area contributed by atoms with Crippen LogP contribution in [0.3, 0.4) is 0 Å². The van der Waals surface area contributed by atoms with E-state index in [-0.39, 0.29) is 11.9 Å². The van der Waals surface area contributed by atoms with Crippen LogP contribution in [-0.2, 0) is 18.4 Å². The third-order valence-corrected chi connectivity index (χ3v) is 2.70. The molecule has 1 atom stereocenters. The van der Waals surface area contributed by atoms with Crippen molar-refractivity contribution < 1.29 is 4.79 Å². The van der Waals surface area contributed by atoms with E-state index in [1.54, 1.807) is 4.68 Å². The largest absolute Gasteiger partial charge is 0.352 e. The number of carbonyl (C=O) groups excluding carboxylic acids is 1. The van der Waals surface area contributed by atoms with Crippen LogP contribution in [0.5, 0.6) is 0 Å². The lowest BCUT2D eigenvalue weighted by Gasteiger charge is -2.10. The first kappa shape index (κ1) is 13.7. The highest BCUT2D eigenvalue weighted by molar-refractivity contribution is 5.76. The molecule has 5 heteroatoms. The van der Waals surface area contributed by atoms with Crippen molar-refractivity contribution in [2.75, 3.05) is 0 Å². The Balaban J connectivity index is 2.35. The van der Waals surface area contributed by atoms with Crippen LogP contribution >= 0.6 is 0 Å². The Kier molecular flexibility index (Phi) is 5.15. The van der Waals surface area contributed by atoms with Gasteiger partial charge in [-0.25, -0.2) is 0 Å². The Morgan fingerprint density at radius 3 is 2.88 bits per heavy atom. The monoisotopic (exact) mass is 238 g/mol. The summed E-state index contributed by atoms with van der Waals surface area (Å²) in [6, 6.07) is -0.0324. The van der Waals surface area contributed by atoms with Gasteiger partial charge in [-0.2, -0.15) is 5.10 Å². The molecule has 1 unspecified atom stereocenters. The van der Waals surface area contributed by atoms with Crippen molar-refractivity contribution in [3.63, 3.8) is 0 Å². The standard InChI is InChI=1S/C12H22N4O/c1-4-5-11(13)6-12(17)14-7-10-8-16(3)15-9(10)2/h8,11H,4-7,13H2,1-3H3,(H,14,17). The number of nitrogens with one attached hydrogen (secondary N) is 1. The van der Waals surface area contributed by atoms with Gasteiger partial charge < -0.3 is 11.1 Å². The van der Waals surface area contributed by atoms with E-state index in [1.807, 2.05) is 20.2 Å². The molecule has 17 heavy (non-hydrogen) atoms. The number of amides is 1. The molecular weight excluding hydrogens is 216 g/mol. The number of rotatable bonds is 6. The lowest BCUT2D eigenvalue weighted by molar-refractivity contribution is -0.121. The molecule has 5 nitrogen and oxygen atoms in total. The highest BCUT2D eigenvalue weighted by Gasteiger charge is 2.09. The van der Waals surface area contributed by atoms with Crippen LogP contribution in [-0.4, -0.2) is 21.7 Å². The maximum atomic E-state index is 11.6. The predicted molar refractivity (Wildman–Crippen MR) is 67.3 cm³/mol. The zero-order valence-corrected chi connectivity index (χ0v) is 10.9. The maximum Gasteiger partial charge on any atom is 0.221 e. The van der Waals surface area contributed by atoms with Gasteiger partial charge in [0.05, 0.1) is 5.69 Å². The lowest BCUT2D eigenvalue weighted by Crippen LogP contribution is -2.31. The van der Waals surface area contributed by atoms with E-state index in [9.17, 15) is 4.79 Å². The molecule has 0 saturated carbocycles. The van der Waals surface area contributed by atoms with E-state index in [0.29, 0.717) is 13.0 Å². The van der Waals surface area contributed by atoms with Crippen LogP contribution in [0, 0.1) is 6.92 Å². The highest BCUT2D eigenvalue weighted by Crippen LogP contribution is 2.04. The number of aromatic nitrogens is 2. The smallest absolute Gasteiger partial charge is 0.221 e. The Hall–Kier alpha value is -1.36. The summed E-state index contributed by atoms with van der Waals surface area (Å²) < 4.78 is 1.75. The normalized spacial score (nSPS) is 12.5. The quantitative estimate of drug-likeness (QED) is 0.772. The zero-order chi connectivity index (χ0) is 12.8. The van der Waals surface area contributed by atoms with Crippen molar-refractivity contribution in [3.8, 4) is 0 Å². The van der Waals surface area contributed by atoms with Gasteiger partial charge in [-0.05, 0) is 13.3 Å². The van der Waals surface area contributed by atoms with Crippen LogP contribution in [0.1, 0.15) is 37.4 Å². The summed E-state index contributed by atoms with van der Waals surface area (Å²) >= 11 is 0. The molecule has 0 aliphatic rings. The molecule has 0 spiro atoms. The Bertz CT molecular complexity index is 373. The van der Waals surface area contributed by atoms with Crippen molar-refractivity contribution in [1.82, 2.24) is 15.1 Å². The van der Waals surface area contributed by atoms with Gasteiger partial charge in [0, 0.05) is 37.8 Å². The molecule has 1 amide bonds. The summed E-state index contributed by atoms with van der Waals surface area (Å²) in [5.41, 5.74) is 7.81.